The molecule has 1 aromatic carbocycles. The molecule has 0 saturated carbocycles. The van der Waals surface area contributed by atoms with Gasteiger partial charge in [0, 0.05) is 21.1 Å². The van der Waals surface area contributed by atoms with Gasteiger partial charge < -0.3 is 10.1 Å². The highest BCUT2D eigenvalue weighted by Gasteiger charge is 2.17. The first kappa shape index (κ1) is 17.6. The van der Waals surface area contributed by atoms with Crippen molar-refractivity contribution >= 4 is 66.4 Å². The highest BCUT2D eigenvalue weighted by atomic mass is 79.9. The molecule has 0 fully saturated rings. The summed E-state index contributed by atoms with van der Waals surface area (Å²) in [5, 5.41) is 15.0. The first-order chi connectivity index (χ1) is 10.9. The SMILES string of the molecule is O=C(COC(=O)c1cccs1)Nc1c(Br)cc([N+](=O)[O-])cc1Br. The van der Waals surface area contributed by atoms with E-state index in [1.807, 2.05) is 0 Å². The molecule has 0 aliphatic rings. The normalized spacial score (nSPS) is 10.2. The Morgan fingerprint density at radius 3 is 2.48 bits per heavy atom. The molecule has 120 valence electrons. The molecule has 0 spiro atoms. The minimum atomic E-state index is -0.586. The summed E-state index contributed by atoms with van der Waals surface area (Å²) in [5.74, 6) is -1.15. The number of nitrogens with zero attached hydrogens (tertiary/aromatic N) is 1. The third-order valence-corrected chi connectivity index (χ3v) is 4.66. The van der Waals surface area contributed by atoms with Crippen LogP contribution >= 0.6 is 43.2 Å². The van der Waals surface area contributed by atoms with Crippen LogP contribution in [0.1, 0.15) is 9.67 Å². The second kappa shape index (κ2) is 7.66. The molecule has 23 heavy (non-hydrogen) atoms. The van der Waals surface area contributed by atoms with E-state index in [-0.39, 0.29) is 5.69 Å². The molecule has 2 rings (SSSR count). The zero-order chi connectivity index (χ0) is 17.0. The van der Waals surface area contributed by atoms with Crippen molar-refractivity contribution in [3.05, 3.63) is 53.6 Å². The molecule has 10 heteroatoms. The maximum atomic E-state index is 11.8. The van der Waals surface area contributed by atoms with E-state index in [9.17, 15) is 19.7 Å². The Hall–Kier alpha value is -1.78. The van der Waals surface area contributed by atoms with E-state index in [0.29, 0.717) is 19.5 Å². The van der Waals surface area contributed by atoms with E-state index in [2.05, 4.69) is 37.2 Å². The van der Waals surface area contributed by atoms with Gasteiger partial charge >= 0.3 is 5.97 Å². The van der Waals surface area contributed by atoms with Crippen LogP contribution < -0.4 is 5.32 Å². The molecule has 0 bridgehead atoms. The number of ether oxygens (including phenoxy) is 1. The molecular formula is C13H8Br2N2O5S. The van der Waals surface area contributed by atoms with Gasteiger partial charge in [0.15, 0.2) is 6.61 Å². The Morgan fingerprint density at radius 1 is 1.30 bits per heavy atom. The third-order valence-electron chi connectivity index (χ3n) is 2.56. The van der Waals surface area contributed by atoms with Gasteiger partial charge in [-0.15, -0.1) is 11.3 Å². The number of non-ortho nitro benzene ring substituents is 1. The predicted octanol–water partition coefficient (Wildman–Crippen LogP) is 3.98. The predicted molar refractivity (Wildman–Crippen MR) is 91.7 cm³/mol. The first-order valence-corrected chi connectivity index (χ1v) is 8.49. The highest BCUT2D eigenvalue weighted by Crippen LogP contribution is 2.35. The number of thiophene rings is 1. The van der Waals surface area contributed by atoms with Crippen molar-refractivity contribution in [3.63, 3.8) is 0 Å². The van der Waals surface area contributed by atoms with Gasteiger partial charge in [-0.25, -0.2) is 4.79 Å². The van der Waals surface area contributed by atoms with E-state index < -0.39 is 23.4 Å². The lowest BCUT2D eigenvalue weighted by atomic mass is 10.3. The minimum absolute atomic E-state index is 0.133. The molecular weight excluding hydrogens is 456 g/mol. The van der Waals surface area contributed by atoms with Crippen LogP contribution in [0.5, 0.6) is 0 Å². The number of amides is 1. The zero-order valence-corrected chi connectivity index (χ0v) is 15.2. The molecule has 0 aliphatic heterocycles. The fraction of sp³-hybridized carbons (Fsp3) is 0.0769. The van der Waals surface area contributed by atoms with Gasteiger partial charge in [0.25, 0.3) is 11.6 Å². The second-order valence-electron chi connectivity index (χ2n) is 4.14. The third kappa shape index (κ3) is 4.60. The van der Waals surface area contributed by atoms with Crippen molar-refractivity contribution in [1.29, 1.82) is 0 Å². The zero-order valence-electron chi connectivity index (χ0n) is 11.2. The van der Waals surface area contributed by atoms with Gasteiger partial charge in [-0.05, 0) is 43.3 Å². The molecule has 1 heterocycles. The van der Waals surface area contributed by atoms with Crippen LogP contribution in [0.15, 0.2) is 38.6 Å². The van der Waals surface area contributed by atoms with Gasteiger partial charge in [0.1, 0.15) is 4.88 Å². The van der Waals surface area contributed by atoms with E-state index >= 15 is 0 Å². The van der Waals surface area contributed by atoms with Crippen LogP contribution in [0.2, 0.25) is 0 Å². The van der Waals surface area contributed by atoms with Crippen LogP contribution in [0, 0.1) is 10.1 Å². The summed E-state index contributed by atoms with van der Waals surface area (Å²) in [5.41, 5.74) is 0.179. The Bertz CT molecular complexity index is 741. The maximum absolute atomic E-state index is 11.8. The molecule has 0 atom stereocenters. The number of hydrogen-bond donors (Lipinski definition) is 1. The summed E-state index contributed by atoms with van der Waals surface area (Å²) in [4.78, 5) is 34.1. The van der Waals surface area contributed by atoms with Crippen LogP contribution in [0.3, 0.4) is 0 Å². The average molecular weight is 464 g/mol. The smallest absolute Gasteiger partial charge is 0.348 e. The van der Waals surface area contributed by atoms with Crippen LogP contribution in [-0.4, -0.2) is 23.4 Å². The molecule has 7 nitrogen and oxygen atoms in total. The molecule has 1 N–H and O–H groups in total. The van der Waals surface area contributed by atoms with Crippen molar-refractivity contribution < 1.29 is 19.2 Å². The van der Waals surface area contributed by atoms with Gasteiger partial charge in [-0.2, -0.15) is 0 Å². The molecule has 0 saturated heterocycles. The van der Waals surface area contributed by atoms with Gasteiger partial charge in [-0.3, -0.25) is 14.9 Å². The monoisotopic (exact) mass is 462 g/mol. The topological polar surface area (TPSA) is 98.5 Å². The minimum Gasteiger partial charge on any atom is -0.451 e. The molecule has 1 amide bonds. The summed E-state index contributed by atoms with van der Waals surface area (Å²) in [7, 11) is 0. The number of halogens is 2. The number of nitro groups is 1. The Balaban J connectivity index is 2.00. The maximum Gasteiger partial charge on any atom is 0.348 e. The van der Waals surface area contributed by atoms with Crippen molar-refractivity contribution in [2.24, 2.45) is 0 Å². The summed E-state index contributed by atoms with van der Waals surface area (Å²) in [6.07, 6.45) is 0. The largest absolute Gasteiger partial charge is 0.451 e. The number of esters is 1. The number of benzene rings is 1. The first-order valence-electron chi connectivity index (χ1n) is 6.02. The number of hydrogen-bond acceptors (Lipinski definition) is 6. The molecule has 0 unspecified atom stereocenters. The van der Waals surface area contributed by atoms with Crippen molar-refractivity contribution in [2.75, 3.05) is 11.9 Å². The van der Waals surface area contributed by atoms with E-state index in [1.54, 1.807) is 17.5 Å². The number of nitrogens with one attached hydrogen (secondary N) is 1. The molecule has 1 aromatic heterocycles. The lowest BCUT2D eigenvalue weighted by Crippen LogP contribution is -2.21. The molecule has 0 radical (unpaired) electrons. The van der Waals surface area contributed by atoms with Gasteiger partial charge in [-0.1, -0.05) is 6.07 Å². The number of nitro benzene ring substituents is 1. The quantitative estimate of drug-likeness (QED) is 0.410. The Labute approximate surface area is 151 Å². The van der Waals surface area contributed by atoms with Crippen LogP contribution in [0.25, 0.3) is 0 Å². The highest BCUT2D eigenvalue weighted by molar-refractivity contribution is 9.11. The lowest BCUT2D eigenvalue weighted by molar-refractivity contribution is -0.385. The Morgan fingerprint density at radius 2 is 1.96 bits per heavy atom. The van der Waals surface area contributed by atoms with E-state index in [1.165, 1.54) is 23.5 Å². The number of anilines is 1. The fourth-order valence-electron chi connectivity index (χ4n) is 1.56. The average Bonchev–Trinajstić information content (AvgIpc) is 3.02. The standard InChI is InChI=1S/C13H8Br2N2O5S/c14-8-4-7(17(20)21)5-9(15)12(8)16-11(18)6-22-13(19)10-2-1-3-23-10/h1-5H,6H2,(H,16,18). The van der Waals surface area contributed by atoms with Crippen LogP contribution in [-0.2, 0) is 9.53 Å². The summed E-state index contributed by atoms with van der Waals surface area (Å²) in [6, 6.07) is 5.82. The summed E-state index contributed by atoms with van der Waals surface area (Å²) >= 11 is 7.51. The van der Waals surface area contributed by atoms with Crippen molar-refractivity contribution in [3.8, 4) is 0 Å². The lowest BCUT2D eigenvalue weighted by Gasteiger charge is -2.10. The fourth-order valence-corrected chi connectivity index (χ4v) is 3.53. The van der Waals surface area contributed by atoms with E-state index in [0.717, 1.165) is 0 Å². The summed E-state index contributed by atoms with van der Waals surface area (Å²) in [6.45, 7) is -0.466. The van der Waals surface area contributed by atoms with Crippen molar-refractivity contribution in [2.45, 2.75) is 0 Å². The number of carbonyl (C=O) groups is 2. The summed E-state index contributed by atoms with van der Waals surface area (Å²) < 4.78 is 5.54. The Kier molecular flexibility index (Phi) is 5.85. The second-order valence-corrected chi connectivity index (χ2v) is 6.80. The number of carbonyl (C=O) groups excluding carboxylic acids is 2. The number of rotatable bonds is 5. The van der Waals surface area contributed by atoms with Crippen molar-refractivity contribution in [1.82, 2.24) is 0 Å². The van der Waals surface area contributed by atoms with Crippen LogP contribution in [0.4, 0.5) is 11.4 Å². The molecule has 0 aliphatic carbocycles. The van der Waals surface area contributed by atoms with Gasteiger partial charge in [0.2, 0.25) is 0 Å². The van der Waals surface area contributed by atoms with E-state index in [4.69, 9.17) is 4.74 Å². The molecule has 2 aromatic rings. The van der Waals surface area contributed by atoms with Gasteiger partial charge in [0.05, 0.1) is 10.6 Å².